The molecule has 0 unspecified atom stereocenters. The van der Waals surface area contributed by atoms with Crippen molar-refractivity contribution in [3.8, 4) is 0 Å². The third-order valence-electron chi connectivity index (χ3n) is 2.10. The Morgan fingerprint density at radius 2 is 1.11 bits per heavy atom. The first-order chi connectivity index (χ1) is 8.15. The molecule has 0 rings (SSSR count). The van der Waals surface area contributed by atoms with Crippen LogP contribution in [0.25, 0.3) is 0 Å². The van der Waals surface area contributed by atoms with Crippen molar-refractivity contribution in [3.63, 3.8) is 0 Å². The predicted octanol–water partition coefficient (Wildman–Crippen LogP) is 4.89. The van der Waals surface area contributed by atoms with Gasteiger partial charge in [0, 0.05) is 12.8 Å². The largest absolute Gasteiger partial charge is 0.389 e. The van der Waals surface area contributed by atoms with E-state index >= 15 is 0 Å². The average molecular weight is 312 g/mol. The van der Waals surface area contributed by atoms with Gasteiger partial charge in [0.1, 0.15) is 0 Å². The molecule has 0 aromatic carbocycles. The monoisotopic (exact) mass is 312 g/mol. The maximum atomic E-state index is 12.7. The summed E-state index contributed by atoms with van der Waals surface area (Å²) in [4.78, 5) is 0. The van der Waals surface area contributed by atoms with Crippen LogP contribution in [0.4, 0.5) is 48.3 Å². The molecule has 0 aliphatic heterocycles. The molecular weight excluding hydrogens is 305 g/mol. The van der Waals surface area contributed by atoms with Crippen LogP contribution in [0.1, 0.15) is 19.3 Å². The molecule has 0 N–H and O–H groups in total. The van der Waals surface area contributed by atoms with Crippen LogP contribution in [0.3, 0.4) is 0 Å². The van der Waals surface area contributed by atoms with Crippen molar-refractivity contribution >= 4 is 0 Å². The summed E-state index contributed by atoms with van der Waals surface area (Å²) in [5.74, 6) is -18.5. The number of alkyl halides is 11. The van der Waals surface area contributed by atoms with Crippen molar-refractivity contribution in [3.05, 3.63) is 0 Å². The summed E-state index contributed by atoms with van der Waals surface area (Å²) in [5.41, 5.74) is 0. The molecule has 0 aromatic rings. The van der Waals surface area contributed by atoms with E-state index in [1.165, 1.54) is 0 Å². The smallest absolute Gasteiger partial charge is 0.203 e. The van der Waals surface area contributed by atoms with Gasteiger partial charge in [-0.3, -0.25) is 0 Å². The predicted molar refractivity (Wildman–Crippen MR) is 40.8 cm³/mol. The van der Waals surface area contributed by atoms with E-state index in [-0.39, 0.29) is 0 Å². The van der Waals surface area contributed by atoms with Crippen LogP contribution in [-0.4, -0.2) is 30.4 Å². The lowest BCUT2D eigenvalue weighted by atomic mass is 9.99. The normalized spacial score (nSPS) is 15.2. The van der Waals surface area contributed by atoms with Crippen LogP contribution < -0.4 is 0 Å². The Labute approximate surface area is 99.1 Å². The molecule has 0 aliphatic rings. The average Bonchev–Trinajstić information content (AvgIpc) is 2.13. The maximum Gasteiger partial charge on any atom is 0.389 e. The molecule has 0 fully saturated rings. The van der Waals surface area contributed by atoms with E-state index in [2.05, 4.69) is 0 Å². The number of hydrogen-bond donors (Lipinski definition) is 0. The van der Waals surface area contributed by atoms with Crippen molar-refractivity contribution in [1.29, 1.82) is 0 Å². The third-order valence-corrected chi connectivity index (χ3v) is 2.10. The van der Waals surface area contributed by atoms with Gasteiger partial charge in [0.25, 0.3) is 0 Å². The molecule has 0 bridgehead atoms. The van der Waals surface area contributed by atoms with E-state index in [0.717, 1.165) is 0 Å². The number of hydrogen-bond acceptors (Lipinski definition) is 0. The van der Waals surface area contributed by atoms with Crippen LogP contribution in [-0.2, 0) is 0 Å². The quantitative estimate of drug-likeness (QED) is 0.613. The van der Waals surface area contributed by atoms with Gasteiger partial charge in [-0.15, -0.1) is 0 Å². The Morgan fingerprint density at radius 3 is 1.42 bits per heavy atom. The van der Waals surface area contributed by atoms with Gasteiger partial charge in [0.05, 0.1) is 0 Å². The molecule has 0 aliphatic carbocycles. The number of halogens is 11. The maximum absolute atomic E-state index is 12.7. The van der Waals surface area contributed by atoms with Gasteiger partial charge in [0.2, 0.25) is 0 Å². The van der Waals surface area contributed by atoms with E-state index in [9.17, 15) is 48.3 Å². The fourth-order valence-electron chi connectivity index (χ4n) is 1.05. The van der Waals surface area contributed by atoms with Crippen molar-refractivity contribution in [2.75, 3.05) is 0 Å². The van der Waals surface area contributed by atoms with Crippen LogP contribution in [0.2, 0.25) is 0 Å². The fraction of sp³-hybridized carbons (Fsp3) is 1.00. The molecule has 116 valence electrons. The Bertz CT molecular complexity index is 290. The number of rotatable bonds is 6. The highest BCUT2D eigenvalue weighted by molar-refractivity contribution is 4.97. The minimum Gasteiger partial charge on any atom is -0.203 e. The van der Waals surface area contributed by atoms with Gasteiger partial charge in [0.15, 0.2) is 0 Å². The lowest BCUT2D eigenvalue weighted by molar-refractivity contribution is -0.340. The highest BCUT2D eigenvalue weighted by Crippen LogP contribution is 2.50. The molecule has 0 radical (unpaired) electrons. The van der Waals surface area contributed by atoms with Crippen LogP contribution >= 0.6 is 0 Å². The molecular formula is C8H7F11. The standard InChI is InChI=1S/C8H7F11/c9-4(10)7(16,17)8(18,19)5(11,12)2-1-3-6(13,14)15/h4H,1-3H2. The molecule has 0 saturated carbocycles. The van der Waals surface area contributed by atoms with Crippen molar-refractivity contribution in [1.82, 2.24) is 0 Å². The Balaban J connectivity index is 4.88. The molecule has 0 heterocycles. The topological polar surface area (TPSA) is 0 Å². The van der Waals surface area contributed by atoms with Gasteiger partial charge >= 0.3 is 30.4 Å². The molecule has 0 spiro atoms. The summed E-state index contributed by atoms with van der Waals surface area (Å²) in [6.07, 6.45) is -15.8. The zero-order chi connectivity index (χ0) is 15.7. The summed E-state index contributed by atoms with van der Waals surface area (Å²) in [6.45, 7) is 0. The van der Waals surface area contributed by atoms with Crippen molar-refractivity contribution in [2.24, 2.45) is 0 Å². The molecule has 0 nitrogen and oxygen atoms in total. The lowest BCUT2D eigenvalue weighted by Crippen LogP contribution is -2.57. The molecule has 0 aromatic heterocycles. The Hall–Kier alpha value is -0.770. The molecule has 0 atom stereocenters. The first-order valence-corrected chi connectivity index (χ1v) is 4.63. The zero-order valence-corrected chi connectivity index (χ0v) is 8.86. The third kappa shape index (κ3) is 4.10. The highest BCUT2D eigenvalue weighted by atomic mass is 19.4. The molecule has 0 amide bonds. The van der Waals surface area contributed by atoms with Gasteiger partial charge in [-0.25, -0.2) is 8.78 Å². The minimum atomic E-state index is -6.44. The zero-order valence-electron chi connectivity index (χ0n) is 8.86. The summed E-state index contributed by atoms with van der Waals surface area (Å²) < 4.78 is 133. The first kappa shape index (κ1) is 18.2. The summed E-state index contributed by atoms with van der Waals surface area (Å²) in [6, 6.07) is 0. The van der Waals surface area contributed by atoms with E-state index in [0.29, 0.717) is 0 Å². The second-order valence-electron chi connectivity index (χ2n) is 3.67. The lowest BCUT2D eigenvalue weighted by Gasteiger charge is -2.32. The van der Waals surface area contributed by atoms with Crippen LogP contribution in [0, 0.1) is 0 Å². The van der Waals surface area contributed by atoms with Crippen molar-refractivity contribution in [2.45, 2.75) is 49.6 Å². The molecule has 11 heteroatoms. The second-order valence-corrected chi connectivity index (χ2v) is 3.67. The summed E-state index contributed by atoms with van der Waals surface area (Å²) in [5, 5.41) is 0. The van der Waals surface area contributed by atoms with Gasteiger partial charge < -0.3 is 0 Å². The van der Waals surface area contributed by atoms with E-state index < -0.39 is 49.6 Å². The molecule has 19 heavy (non-hydrogen) atoms. The minimum absolute atomic E-state index is 1.59. The Morgan fingerprint density at radius 1 is 0.684 bits per heavy atom. The Kier molecular flexibility index (Phi) is 5.10. The van der Waals surface area contributed by atoms with Crippen molar-refractivity contribution < 1.29 is 48.3 Å². The van der Waals surface area contributed by atoms with Gasteiger partial charge in [-0.2, -0.15) is 39.5 Å². The van der Waals surface area contributed by atoms with E-state index in [4.69, 9.17) is 0 Å². The highest BCUT2D eigenvalue weighted by Gasteiger charge is 2.74. The second kappa shape index (κ2) is 5.31. The van der Waals surface area contributed by atoms with E-state index in [1.54, 1.807) is 0 Å². The van der Waals surface area contributed by atoms with Crippen LogP contribution in [0.5, 0.6) is 0 Å². The summed E-state index contributed by atoms with van der Waals surface area (Å²) >= 11 is 0. The van der Waals surface area contributed by atoms with Gasteiger partial charge in [-0.05, 0) is 6.42 Å². The van der Waals surface area contributed by atoms with Gasteiger partial charge in [-0.1, -0.05) is 0 Å². The fourth-order valence-corrected chi connectivity index (χ4v) is 1.05. The summed E-state index contributed by atoms with van der Waals surface area (Å²) in [7, 11) is 0. The SMILES string of the molecule is FC(F)C(F)(F)C(F)(F)C(F)(F)CCCC(F)(F)F. The van der Waals surface area contributed by atoms with Crippen LogP contribution in [0.15, 0.2) is 0 Å². The first-order valence-electron chi connectivity index (χ1n) is 4.63. The molecule has 0 saturated heterocycles. The van der Waals surface area contributed by atoms with E-state index in [1.807, 2.05) is 0 Å².